The van der Waals surface area contributed by atoms with Gasteiger partial charge in [0.25, 0.3) is 0 Å². The Kier molecular flexibility index (Phi) is 6.97. The number of rotatable bonds is 7. The normalized spacial score (nSPS) is 16.2. The van der Waals surface area contributed by atoms with E-state index in [2.05, 4.69) is 75.3 Å². The molecule has 0 unspecified atom stereocenters. The van der Waals surface area contributed by atoms with Crippen molar-refractivity contribution in [1.29, 1.82) is 0 Å². The molecule has 2 heterocycles. The van der Waals surface area contributed by atoms with Crippen molar-refractivity contribution in [2.45, 2.75) is 19.8 Å². The van der Waals surface area contributed by atoms with Gasteiger partial charge in [-0.3, -0.25) is 0 Å². The standard InChI is InChI=1S/C22H30BrN5/c1-16(19-7-5-6-8-21(19)24-3)13-22(28-17(2)20(23)15-26-28)25-14-18-9-11-27(4)12-10-18/h5-8,13,15,18,24-25H,1,9-12,14H2,2-4H3/b22-13-. The fourth-order valence-corrected chi connectivity index (χ4v) is 3.82. The number of likely N-dealkylation sites (tertiary alicyclic amines) is 1. The molecule has 150 valence electrons. The Labute approximate surface area is 176 Å². The second kappa shape index (κ2) is 9.43. The van der Waals surface area contributed by atoms with Gasteiger partial charge in [-0.1, -0.05) is 24.8 Å². The molecule has 1 aliphatic heterocycles. The molecule has 2 N–H and O–H groups in total. The molecular weight excluding hydrogens is 414 g/mol. The molecule has 0 saturated carbocycles. The first kappa shape index (κ1) is 20.7. The number of hydrogen-bond acceptors (Lipinski definition) is 4. The van der Waals surface area contributed by atoms with Crippen molar-refractivity contribution in [3.05, 3.63) is 58.8 Å². The van der Waals surface area contributed by atoms with Crippen molar-refractivity contribution in [2.24, 2.45) is 5.92 Å². The Bertz CT molecular complexity index is 846. The molecule has 0 spiro atoms. The summed E-state index contributed by atoms with van der Waals surface area (Å²) in [5.41, 5.74) is 4.17. The van der Waals surface area contributed by atoms with E-state index in [4.69, 9.17) is 0 Å². The van der Waals surface area contributed by atoms with E-state index in [9.17, 15) is 0 Å². The Morgan fingerprint density at radius 2 is 2.04 bits per heavy atom. The molecule has 1 fully saturated rings. The highest BCUT2D eigenvalue weighted by molar-refractivity contribution is 9.10. The number of piperidine rings is 1. The predicted molar refractivity (Wildman–Crippen MR) is 122 cm³/mol. The zero-order chi connectivity index (χ0) is 20.1. The Morgan fingerprint density at radius 1 is 1.32 bits per heavy atom. The van der Waals surface area contributed by atoms with E-state index < -0.39 is 0 Å². The quantitative estimate of drug-likeness (QED) is 0.620. The van der Waals surface area contributed by atoms with Gasteiger partial charge in [-0.15, -0.1) is 0 Å². The molecule has 1 aliphatic rings. The molecule has 0 bridgehead atoms. The molecule has 2 aromatic rings. The summed E-state index contributed by atoms with van der Waals surface area (Å²) in [5, 5.41) is 11.5. The number of para-hydroxylation sites is 1. The van der Waals surface area contributed by atoms with Crippen molar-refractivity contribution in [3.63, 3.8) is 0 Å². The van der Waals surface area contributed by atoms with E-state index in [-0.39, 0.29) is 0 Å². The van der Waals surface area contributed by atoms with Crippen LogP contribution in [0.1, 0.15) is 24.1 Å². The van der Waals surface area contributed by atoms with Crippen LogP contribution in [0.2, 0.25) is 0 Å². The van der Waals surface area contributed by atoms with Gasteiger partial charge in [0.1, 0.15) is 5.82 Å². The molecular formula is C22H30BrN5. The summed E-state index contributed by atoms with van der Waals surface area (Å²) in [4.78, 5) is 2.40. The fraction of sp³-hybridized carbons (Fsp3) is 0.409. The van der Waals surface area contributed by atoms with Gasteiger partial charge in [0.05, 0.1) is 16.4 Å². The maximum Gasteiger partial charge on any atom is 0.128 e. The third-order valence-corrected chi connectivity index (χ3v) is 6.22. The topological polar surface area (TPSA) is 45.1 Å². The Balaban J connectivity index is 1.84. The summed E-state index contributed by atoms with van der Waals surface area (Å²) >= 11 is 3.58. The minimum absolute atomic E-state index is 0.678. The first-order valence-electron chi connectivity index (χ1n) is 9.80. The Morgan fingerprint density at radius 3 is 2.68 bits per heavy atom. The summed E-state index contributed by atoms with van der Waals surface area (Å²) in [5.74, 6) is 1.63. The van der Waals surface area contributed by atoms with Crippen LogP contribution in [-0.2, 0) is 0 Å². The maximum atomic E-state index is 4.55. The van der Waals surface area contributed by atoms with E-state index in [1.165, 1.54) is 25.9 Å². The number of benzene rings is 1. The molecule has 1 aromatic heterocycles. The lowest BCUT2D eigenvalue weighted by Crippen LogP contribution is -2.35. The molecule has 0 amide bonds. The number of aromatic nitrogens is 2. The third-order valence-electron chi connectivity index (χ3n) is 5.44. The lowest BCUT2D eigenvalue weighted by molar-refractivity contribution is 0.219. The van der Waals surface area contributed by atoms with Gasteiger partial charge in [-0.2, -0.15) is 5.10 Å². The van der Waals surface area contributed by atoms with Crippen molar-refractivity contribution in [3.8, 4) is 0 Å². The van der Waals surface area contributed by atoms with Crippen LogP contribution >= 0.6 is 15.9 Å². The Hall–Kier alpha value is -2.05. The van der Waals surface area contributed by atoms with Crippen LogP contribution in [0.4, 0.5) is 5.69 Å². The maximum absolute atomic E-state index is 4.55. The highest BCUT2D eigenvalue weighted by Crippen LogP contribution is 2.26. The van der Waals surface area contributed by atoms with Crippen LogP contribution in [0.5, 0.6) is 0 Å². The van der Waals surface area contributed by atoms with Crippen LogP contribution in [0.15, 0.2) is 47.6 Å². The molecule has 0 aliphatic carbocycles. The number of allylic oxidation sites excluding steroid dienone is 2. The smallest absolute Gasteiger partial charge is 0.128 e. The molecule has 28 heavy (non-hydrogen) atoms. The number of nitrogens with zero attached hydrogens (tertiary/aromatic N) is 3. The first-order valence-corrected chi connectivity index (χ1v) is 10.6. The van der Waals surface area contributed by atoms with Crippen LogP contribution < -0.4 is 10.6 Å². The molecule has 1 saturated heterocycles. The number of anilines is 1. The van der Waals surface area contributed by atoms with Crippen molar-refractivity contribution in [1.82, 2.24) is 20.0 Å². The number of halogens is 1. The minimum atomic E-state index is 0.678. The zero-order valence-electron chi connectivity index (χ0n) is 17.0. The molecule has 1 aromatic carbocycles. The van der Waals surface area contributed by atoms with Crippen molar-refractivity contribution >= 4 is 33.0 Å². The fourth-order valence-electron chi connectivity index (χ4n) is 3.56. The highest BCUT2D eigenvalue weighted by atomic mass is 79.9. The molecule has 6 heteroatoms. The minimum Gasteiger partial charge on any atom is -0.388 e. The van der Waals surface area contributed by atoms with Crippen molar-refractivity contribution < 1.29 is 0 Å². The van der Waals surface area contributed by atoms with Crippen LogP contribution in [0, 0.1) is 12.8 Å². The predicted octanol–water partition coefficient (Wildman–Crippen LogP) is 4.44. The van der Waals surface area contributed by atoms with Gasteiger partial charge in [0.15, 0.2) is 0 Å². The van der Waals surface area contributed by atoms with E-state index >= 15 is 0 Å². The van der Waals surface area contributed by atoms with Crippen molar-refractivity contribution in [2.75, 3.05) is 39.0 Å². The van der Waals surface area contributed by atoms with Gasteiger partial charge < -0.3 is 15.5 Å². The average Bonchev–Trinajstić information content (AvgIpc) is 3.04. The molecule has 0 atom stereocenters. The van der Waals surface area contributed by atoms with Gasteiger partial charge in [0, 0.05) is 24.8 Å². The van der Waals surface area contributed by atoms with E-state index in [1.807, 2.05) is 30.1 Å². The van der Waals surface area contributed by atoms with Gasteiger partial charge >= 0.3 is 0 Å². The SMILES string of the molecule is C=C(/C=C(/NCC1CCN(C)CC1)n1ncc(Br)c1C)c1ccccc1NC. The molecule has 3 rings (SSSR count). The van der Waals surface area contributed by atoms with Gasteiger partial charge in [-0.05, 0) is 79.5 Å². The van der Waals surface area contributed by atoms with Gasteiger partial charge in [0.2, 0.25) is 0 Å². The van der Waals surface area contributed by atoms with E-state index in [1.54, 1.807) is 0 Å². The monoisotopic (exact) mass is 443 g/mol. The molecule has 5 nitrogen and oxygen atoms in total. The third kappa shape index (κ3) is 4.86. The summed E-state index contributed by atoms with van der Waals surface area (Å²) in [6.07, 6.45) is 6.38. The van der Waals surface area contributed by atoms with Crippen LogP contribution in [0.3, 0.4) is 0 Å². The molecule has 0 radical (unpaired) electrons. The number of nitrogens with one attached hydrogen (secondary N) is 2. The average molecular weight is 444 g/mol. The highest BCUT2D eigenvalue weighted by Gasteiger charge is 2.18. The lowest BCUT2D eigenvalue weighted by Gasteiger charge is -2.29. The summed E-state index contributed by atoms with van der Waals surface area (Å²) < 4.78 is 2.95. The summed E-state index contributed by atoms with van der Waals surface area (Å²) in [7, 11) is 4.13. The summed E-state index contributed by atoms with van der Waals surface area (Å²) in [6, 6.07) is 8.22. The lowest BCUT2D eigenvalue weighted by atomic mass is 9.97. The second-order valence-electron chi connectivity index (χ2n) is 7.47. The van der Waals surface area contributed by atoms with Gasteiger partial charge in [-0.25, -0.2) is 4.68 Å². The van der Waals surface area contributed by atoms with E-state index in [0.29, 0.717) is 5.92 Å². The zero-order valence-corrected chi connectivity index (χ0v) is 18.6. The van der Waals surface area contributed by atoms with Crippen LogP contribution in [0.25, 0.3) is 11.4 Å². The number of hydrogen-bond donors (Lipinski definition) is 2. The second-order valence-corrected chi connectivity index (χ2v) is 8.32. The largest absolute Gasteiger partial charge is 0.388 e. The van der Waals surface area contributed by atoms with Crippen LogP contribution in [-0.4, -0.2) is 48.4 Å². The first-order chi connectivity index (χ1) is 13.5. The summed E-state index contributed by atoms with van der Waals surface area (Å²) in [6.45, 7) is 9.66. The van der Waals surface area contributed by atoms with E-state index in [0.717, 1.165) is 39.4 Å².